The highest BCUT2D eigenvalue weighted by Crippen LogP contribution is 2.41. The summed E-state index contributed by atoms with van der Waals surface area (Å²) >= 11 is 0. The molecule has 2 aromatic heterocycles. The zero-order valence-corrected chi connectivity index (χ0v) is 15.4. The van der Waals surface area contributed by atoms with Gasteiger partial charge in [0.1, 0.15) is 0 Å². The van der Waals surface area contributed by atoms with E-state index in [-0.39, 0.29) is 11.3 Å². The summed E-state index contributed by atoms with van der Waals surface area (Å²) in [6, 6.07) is 2.04. The zero-order chi connectivity index (χ0) is 17.7. The first-order chi connectivity index (χ1) is 12.6. The van der Waals surface area contributed by atoms with Gasteiger partial charge in [-0.25, -0.2) is 0 Å². The summed E-state index contributed by atoms with van der Waals surface area (Å²) in [7, 11) is 1.93. The molecule has 1 spiro atoms. The third-order valence-electron chi connectivity index (χ3n) is 6.32. The van der Waals surface area contributed by atoms with E-state index in [2.05, 4.69) is 4.90 Å². The van der Waals surface area contributed by atoms with E-state index in [1.54, 1.807) is 6.26 Å². The van der Waals surface area contributed by atoms with E-state index >= 15 is 0 Å². The lowest BCUT2D eigenvalue weighted by Gasteiger charge is -2.45. The minimum absolute atomic E-state index is 0.0136. The average Bonchev–Trinajstić information content (AvgIpc) is 3.11. The van der Waals surface area contributed by atoms with Crippen LogP contribution in [0.25, 0.3) is 0 Å². The number of likely N-dealkylation sites (N-methyl/N-ethyl adjacent to an activating group) is 1. The van der Waals surface area contributed by atoms with Crippen molar-refractivity contribution >= 4 is 5.91 Å². The maximum atomic E-state index is 12.7. The maximum Gasteiger partial charge on any atom is 0.257 e. The number of rotatable bonds is 4. The van der Waals surface area contributed by atoms with Gasteiger partial charge in [0.15, 0.2) is 0 Å². The normalized spacial score (nSPS) is 22.8. The van der Waals surface area contributed by atoms with Gasteiger partial charge in [0, 0.05) is 43.9 Å². The molecule has 2 aliphatic heterocycles. The minimum Gasteiger partial charge on any atom is -0.472 e. The fraction of sp³-hybridized carbons (Fsp3) is 0.600. The Kier molecular flexibility index (Phi) is 3.71. The molecule has 5 rings (SSSR count). The number of fused-ring (bicyclic) bond motifs is 2. The summed E-state index contributed by atoms with van der Waals surface area (Å²) in [6.07, 6.45) is 10.3. The number of furan rings is 1. The highest BCUT2D eigenvalue weighted by molar-refractivity contribution is 5.96. The molecule has 1 aliphatic carbocycles. The summed E-state index contributed by atoms with van der Waals surface area (Å²) in [4.78, 5) is 17.1. The van der Waals surface area contributed by atoms with E-state index in [4.69, 9.17) is 9.52 Å². The second-order valence-electron chi connectivity index (χ2n) is 8.41. The molecule has 1 saturated carbocycles. The molecule has 0 atom stereocenters. The van der Waals surface area contributed by atoms with Crippen molar-refractivity contribution in [1.29, 1.82) is 0 Å². The SMILES string of the molecule is CN1CC2(CCN(Cc3ccoc3)CC2)c2nn(CC3CC3)cc2C1=O. The zero-order valence-electron chi connectivity index (χ0n) is 15.4. The summed E-state index contributed by atoms with van der Waals surface area (Å²) in [6.45, 7) is 4.75. The molecule has 0 bridgehead atoms. The number of aromatic nitrogens is 2. The van der Waals surface area contributed by atoms with E-state index in [1.807, 2.05) is 35.2 Å². The quantitative estimate of drug-likeness (QED) is 0.847. The smallest absolute Gasteiger partial charge is 0.257 e. The standard InChI is InChI=1S/C20H26N4O2/c1-22-14-20(5-7-23(8-6-20)10-16-4-9-26-13-16)18-17(19(22)25)12-24(21-18)11-15-2-3-15/h4,9,12-13,15H,2-3,5-8,10-11,14H2,1H3. The number of carbonyl (C=O) groups excluding carboxylic acids is 1. The predicted octanol–water partition coefficient (Wildman–Crippen LogP) is 2.51. The Morgan fingerprint density at radius 3 is 2.81 bits per heavy atom. The highest BCUT2D eigenvalue weighted by Gasteiger charge is 2.46. The van der Waals surface area contributed by atoms with Crippen LogP contribution in [0.5, 0.6) is 0 Å². The van der Waals surface area contributed by atoms with Gasteiger partial charge < -0.3 is 9.32 Å². The Bertz CT molecular complexity index is 798. The fourth-order valence-corrected chi connectivity index (χ4v) is 4.61. The fourth-order valence-electron chi connectivity index (χ4n) is 4.61. The third kappa shape index (κ3) is 2.76. The second-order valence-corrected chi connectivity index (χ2v) is 8.41. The molecule has 3 aliphatic rings. The summed E-state index contributed by atoms with van der Waals surface area (Å²) in [5.74, 6) is 0.894. The van der Waals surface area contributed by atoms with Crippen LogP contribution in [0, 0.1) is 5.92 Å². The van der Waals surface area contributed by atoms with Gasteiger partial charge in [-0.3, -0.25) is 14.4 Å². The summed E-state index contributed by atoms with van der Waals surface area (Å²) in [5, 5.41) is 4.93. The maximum absolute atomic E-state index is 12.7. The molecular formula is C20H26N4O2. The van der Waals surface area contributed by atoms with Crippen molar-refractivity contribution in [3.05, 3.63) is 41.6 Å². The largest absolute Gasteiger partial charge is 0.472 e. The molecule has 4 heterocycles. The topological polar surface area (TPSA) is 54.5 Å². The lowest BCUT2D eigenvalue weighted by Crippen LogP contribution is -2.53. The van der Waals surface area contributed by atoms with Crippen molar-refractivity contribution < 1.29 is 9.21 Å². The van der Waals surface area contributed by atoms with Crippen molar-refractivity contribution in [2.24, 2.45) is 5.92 Å². The molecule has 6 nitrogen and oxygen atoms in total. The van der Waals surface area contributed by atoms with Crippen LogP contribution in [-0.4, -0.2) is 52.2 Å². The van der Waals surface area contributed by atoms with Crippen molar-refractivity contribution in [1.82, 2.24) is 19.6 Å². The molecule has 26 heavy (non-hydrogen) atoms. The van der Waals surface area contributed by atoms with Crippen LogP contribution in [0.15, 0.2) is 29.2 Å². The number of piperidine rings is 1. The van der Waals surface area contributed by atoms with Crippen LogP contribution < -0.4 is 0 Å². The first-order valence-corrected chi connectivity index (χ1v) is 9.70. The molecule has 2 fully saturated rings. The Balaban J connectivity index is 1.38. The van der Waals surface area contributed by atoms with Crippen LogP contribution in [0.2, 0.25) is 0 Å². The number of amides is 1. The third-order valence-corrected chi connectivity index (χ3v) is 6.32. The van der Waals surface area contributed by atoms with Crippen molar-refractivity contribution in [2.75, 3.05) is 26.7 Å². The number of hydrogen-bond donors (Lipinski definition) is 0. The molecule has 138 valence electrons. The van der Waals surface area contributed by atoms with Gasteiger partial charge >= 0.3 is 0 Å². The number of carbonyl (C=O) groups is 1. The second kappa shape index (κ2) is 5.98. The molecule has 1 amide bonds. The lowest BCUT2D eigenvalue weighted by molar-refractivity contribution is 0.0628. The first-order valence-electron chi connectivity index (χ1n) is 9.70. The minimum atomic E-state index is 0.0136. The van der Waals surface area contributed by atoms with Gasteiger partial charge in [0.25, 0.3) is 5.91 Å². The van der Waals surface area contributed by atoms with Crippen LogP contribution >= 0.6 is 0 Å². The molecule has 0 aromatic carbocycles. The van der Waals surface area contributed by atoms with Gasteiger partial charge in [0.2, 0.25) is 0 Å². The van der Waals surface area contributed by atoms with Gasteiger partial charge in [-0.15, -0.1) is 0 Å². The molecule has 0 N–H and O–H groups in total. The van der Waals surface area contributed by atoms with Gasteiger partial charge in [-0.1, -0.05) is 0 Å². The van der Waals surface area contributed by atoms with Gasteiger partial charge in [-0.05, 0) is 50.8 Å². The van der Waals surface area contributed by atoms with Crippen molar-refractivity contribution in [2.45, 2.75) is 44.2 Å². The molecule has 1 saturated heterocycles. The molecule has 6 heteroatoms. The van der Waals surface area contributed by atoms with Crippen LogP contribution in [-0.2, 0) is 18.5 Å². The number of nitrogens with zero attached hydrogens (tertiary/aromatic N) is 4. The van der Waals surface area contributed by atoms with E-state index < -0.39 is 0 Å². The van der Waals surface area contributed by atoms with Crippen molar-refractivity contribution in [3.63, 3.8) is 0 Å². The first kappa shape index (κ1) is 16.1. The molecule has 0 unspecified atom stereocenters. The molecule has 0 radical (unpaired) electrons. The predicted molar refractivity (Wildman–Crippen MR) is 96.8 cm³/mol. The Labute approximate surface area is 153 Å². The average molecular weight is 354 g/mol. The summed E-state index contributed by atoms with van der Waals surface area (Å²) < 4.78 is 7.23. The van der Waals surface area contributed by atoms with E-state index in [9.17, 15) is 4.79 Å². The van der Waals surface area contributed by atoms with Gasteiger partial charge in [0.05, 0.1) is 23.8 Å². The Hall–Kier alpha value is -2.08. The van der Waals surface area contributed by atoms with Crippen LogP contribution in [0.1, 0.15) is 47.3 Å². The molecule has 2 aromatic rings. The summed E-state index contributed by atoms with van der Waals surface area (Å²) in [5.41, 5.74) is 3.14. The van der Waals surface area contributed by atoms with Crippen molar-refractivity contribution in [3.8, 4) is 0 Å². The number of likely N-dealkylation sites (tertiary alicyclic amines) is 1. The molecular weight excluding hydrogens is 328 g/mol. The number of hydrogen-bond acceptors (Lipinski definition) is 4. The van der Waals surface area contributed by atoms with Crippen LogP contribution in [0.4, 0.5) is 0 Å². The van der Waals surface area contributed by atoms with Gasteiger partial charge in [-0.2, -0.15) is 5.10 Å². The lowest BCUT2D eigenvalue weighted by atomic mass is 9.72. The monoisotopic (exact) mass is 354 g/mol. The van der Waals surface area contributed by atoms with E-state index in [1.165, 1.54) is 18.4 Å². The van der Waals surface area contributed by atoms with E-state index in [0.29, 0.717) is 0 Å². The highest BCUT2D eigenvalue weighted by atomic mass is 16.3. The Morgan fingerprint density at radius 2 is 2.12 bits per heavy atom. The van der Waals surface area contributed by atoms with E-state index in [0.717, 1.165) is 62.7 Å². The Morgan fingerprint density at radius 1 is 1.31 bits per heavy atom. The van der Waals surface area contributed by atoms with Crippen LogP contribution in [0.3, 0.4) is 0 Å².